The zero-order chi connectivity index (χ0) is 22.2. The van der Waals surface area contributed by atoms with E-state index in [2.05, 4.69) is 30.6 Å². The fourth-order valence-electron chi connectivity index (χ4n) is 3.92. The molecule has 0 radical (unpaired) electrons. The number of anilines is 1. The lowest BCUT2D eigenvalue weighted by molar-refractivity contribution is -0.129. The Morgan fingerprint density at radius 2 is 2.03 bits per heavy atom. The second kappa shape index (κ2) is 8.42. The molecule has 1 aliphatic carbocycles. The molecule has 3 aromatic rings. The molecule has 0 unspecified atom stereocenters. The van der Waals surface area contributed by atoms with Gasteiger partial charge in [-0.05, 0) is 38.3 Å². The zero-order valence-corrected chi connectivity index (χ0v) is 18.9. The van der Waals surface area contributed by atoms with Crippen LogP contribution in [0.25, 0.3) is 10.3 Å². The summed E-state index contributed by atoms with van der Waals surface area (Å²) in [6.07, 6.45) is 6.58. The summed E-state index contributed by atoms with van der Waals surface area (Å²) in [5.74, 6) is 0.466. The minimum atomic E-state index is -0.160. The van der Waals surface area contributed by atoms with E-state index in [9.17, 15) is 9.59 Å². The third kappa shape index (κ3) is 4.02. The second-order valence-corrected chi connectivity index (χ2v) is 9.68. The predicted molar refractivity (Wildman–Crippen MR) is 121 cm³/mol. The molecule has 0 spiro atoms. The molecule has 1 aliphatic heterocycles. The Labute approximate surface area is 189 Å². The lowest BCUT2D eigenvalue weighted by Gasteiger charge is -2.40. The van der Waals surface area contributed by atoms with Crippen LogP contribution in [-0.2, 0) is 4.79 Å². The normalized spacial score (nSPS) is 17.5. The van der Waals surface area contributed by atoms with Crippen LogP contribution in [0.2, 0.25) is 0 Å². The zero-order valence-electron chi connectivity index (χ0n) is 18.0. The summed E-state index contributed by atoms with van der Waals surface area (Å²) in [6.45, 7) is 4.87. The fourth-order valence-corrected chi connectivity index (χ4v) is 4.76. The molecule has 2 amide bonds. The molecule has 1 saturated carbocycles. The molecular formula is C22H25N7O2S. The predicted octanol–water partition coefficient (Wildman–Crippen LogP) is 2.70. The third-order valence-electron chi connectivity index (χ3n) is 6.08. The maximum absolute atomic E-state index is 13.3. The second-order valence-electron chi connectivity index (χ2n) is 8.48. The Balaban J connectivity index is 1.32. The molecule has 0 aromatic carbocycles. The number of nitrogens with zero attached hydrogens (tertiary/aromatic N) is 5. The van der Waals surface area contributed by atoms with Gasteiger partial charge in [0.15, 0.2) is 11.3 Å². The smallest absolute Gasteiger partial charge is 0.274 e. The largest absolute Gasteiger partial charge is 0.350 e. The molecule has 4 heterocycles. The number of thiazole rings is 1. The first-order valence-corrected chi connectivity index (χ1v) is 11.7. The van der Waals surface area contributed by atoms with E-state index in [1.54, 1.807) is 17.3 Å². The van der Waals surface area contributed by atoms with Gasteiger partial charge in [-0.1, -0.05) is 12.5 Å². The molecule has 9 nitrogen and oxygen atoms in total. The van der Waals surface area contributed by atoms with Crippen molar-refractivity contribution >= 4 is 39.4 Å². The number of likely N-dealkylation sites (tertiary alicyclic amines) is 1. The maximum atomic E-state index is 13.3. The first-order chi connectivity index (χ1) is 15.5. The van der Waals surface area contributed by atoms with E-state index in [-0.39, 0.29) is 29.8 Å². The van der Waals surface area contributed by atoms with E-state index in [1.165, 1.54) is 11.3 Å². The standard InChI is InChI=1S/C22H25N7O2S/c1-12(15-7-4-8-23-9-15)24-22-27-17(18-19(28-22)25-13(2)32-18)21(31)29-10-16(11-29)26-20(30)14-5-3-6-14/h4,7-9,12,14,16H,3,5-6,10-11H2,1-2H3,(H,26,30)(H,24,27,28)/t12-/m0/s1. The van der Waals surface area contributed by atoms with Crippen molar-refractivity contribution < 1.29 is 9.59 Å². The summed E-state index contributed by atoms with van der Waals surface area (Å²) in [7, 11) is 0. The number of pyridine rings is 1. The molecule has 2 N–H and O–H groups in total. The number of aromatic nitrogens is 4. The highest BCUT2D eigenvalue weighted by Crippen LogP contribution is 2.29. The van der Waals surface area contributed by atoms with Crippen LogP contribution in [0.3, 0.4) is 0 Å². The van der Waals surface area contributed by atoms with Gasteiger partial charge >= 0.3 is 0 Å². The number of amides is 2. The third-order valence-corrected chi connectivity index (χ3v) is 7.05. The minimum Gasteiger partial charge on any atom is -0.350 e. The van der Waals surface area contributed by atoms with E-state index in [1.807, 2.05) is 26.0 Å². The van der Waals surface area contributed by atoms with Crippen molar-refractivity contribution in [3.05, 3.63) is 40.8 Å². The molecule has 2 fully saturated rings. The Hall–Kier alpha value is -3.14. The monoisotopic (exact) mass is 451 g/mol. The van der Waals surface area contributed by atoms with Crippen molar-refractivity contribution in [1.82, 2.24) is 30.2 Å². The first-order valence-electron chi connectivity index (χ1n) is 10.9. The van der Waals surface area contributed by atoms with Crippen LogP contribution >= 0.6 is 11.3 Å². The summed E-state index contributed by atoms with van der Waals surface area (Å²) in [5, 5.41) is 7.15. The van der Waals surface area contributed by atoms with Gasteiger partial charge in [-0.3, -0.25) is 14.6 Å². The van der Waals surface area contributed by atoms with Crippen LogP contribution in [-0.4, -0.2) is 55.8 Å². The van der Waals surface area contributed by atoms with Crippen molar-refractivity contribution in [3.8, 4) is 0 Å². The molecule has 10 heteroatoms. The highest BCUT2D eigenvalue weighted by atomic mass is 32.1. The number of hydrogen-bond acceptors (Lipinski definition) is 8. The van der Waals surface area contributed by atoms with Gasteiger partial charge in [-0.2, -0.15) is 4.98 Å². The van der Waals surface area contributed by atoms with Crippen LogP contribution in [0.15, 0.2) is 24.5 Å². The van der Waals surface area contributed by atoms with E-state index in [0.717, 1.165) is 29.8 Å². The van der Waals surface area contributed by atoms with Gasteiger partial charge in [0.2, 0.25) is 11.9 Å². The van der Waals surface area contributed by atoms with Gasteiger partial charge < -0.3 is 15.5 Å². The van der Waals surface area contributed by atoms with E-state index in [0.29, 0.717) is 35.1 Å². The van der Waals surface area contributed by atoms with Gasteiger partial charge in [-0.15, -0.1) is 11.3 Å². The number of nitrogens with one attached hydrogen (secondary N) is 2. The fraction of sp³-hybridized carbons (Fsp3) is 0.455. The summed E-state index contributed by atoms with van der Waals surface area (Å²) in [5.41, 5.74) is 1.86. The van der Waals surface area contributed by atoms with Gasteiger partial charge in [0.1, 0.15) is 4.70 Å². The summed E-state index contributed by atoms with van der Waals surface area (Å²) < 4.78 is 0.689. The number of carbonyl (C=O) groups excluding carboxylic acids is 2. The topological polar surface area (TPSA) is 113 Å². The van der Waals surface area contributed by atoms with Crippen molar-refractivity contribution in [2.24, 2.45) is 5.92 Å². The summed E-state index contributed by atoms with van der Waals surface area (Å²) >= 11 is 1.42. The van der Waals surface area contributed by atoms with E-state index < -0.39 is 0 Å². The number of aryl methyl sites for hydroxylation is 1. The Morgan fingerprint density at radius 3 is 2.72 bits per heavy atom. The van der Waals surface area contributed by atoms with E-state index >= 15 is 0 Å². The van der Waals surface area contributed by atoms with Crippen molar-refractivity contribution in [2.45, 2.75) is 45.2 Å². The van der Waals surface area contributed by atoms with E-state index in [4.69, 9.17) is 0 Å². The minimum absolute atomic E-state index is 0.00998. The van der Waals surface area contributed by atoms with Gasteiger partial charge in [-0.25, -0.2) is 9.97 Å². The summed E-state index contributed by atoms with van der Waals surface area (Å²) in [4.78, 5) is 44.9. The molecule has 1 atom stereocenters. The number of hydrogen-bond donors (Lipinski definition) is 2. The average Bonchev–Trinajstić information content (AvgIpc) is 3.08. The highest BCUT2D eigenvalue weighted by molar-refractivity contribution is 7.18. The lowest BCUT2D eigenvalue weighted by atomic mass is 9.84. The quantitative estimate of drug-likeness (QED) is 0.592. The van der Waals surface area contributed by atoms with Crippen LogP contribution in [0, 0.1) is 12.8 Å². The molecule has 166 valence electrons. The molecule has 2 aliphatic rings. The Morgan fingerprint density at radius 1 is 1.22 bits per heavy atom. The first kappa shape index (κ1) is 20.7. The Bertz CT molecular complexity index is 1160. The Kier molecular flexibility index (Phi) is 5.46. The van der Waals surface area contributed by atoms with Gasteiger partial charge in [0.05, 0.1) is 17.1 Å². The number of fused-ring (bicyclic) bond motifs is 1. The molecule has 1 saturated heterocycles. The van der Waals surface area contributed by atoms with Gasteiger partial charge in [0.25, 0.3) is 5.91 Å². The SMILES string of the molecule is Cc1nc2nc(N[C@@H](C)c3cccnc3)nc(C(=O)N3CC(NC(=O)C4CCC4)C3)c2s1. The molecule has 32 heavy (non-hydrogen) atoms. The number of rotatable bonds is 6. The molecule has 5 rings (SSSR count). The number of carbonyl (C=O) groups is 2. The highest BCUT2D eigenvalue weighted by Gasteiger charge is 2.36. The van der Waals surface area contributed by atoms with Crippen LogP contribution in [0.4, 0.5) is 5.95 Å². The van der Waals surface area contributed by atoms with Crippen LogP contribution < -0.4 is 10.6 Å². The van der Waals surface area contributed by atoms with Crippen molar-refractivity contribution in [3.63, 3.8) is 0 Å². The van der Waals surface area contributed by atoms with Crippen LogP contribution in [0.1, 0.15) is 53.3 Å². The molecule has 3 aromatic heterocycles. The van der Waals surface area contributed by atoms with Crippen LogP contribution in [0.5, 0.6) is 0 Å². The van der Waals surface area contributed by atoms with Gasteiger partial charge in [0, 0.05) is 31.4 Å². The van der Waals surface area contributed by atoms with Crippen molar-refractivity contribution in [2.75, 3.05) is 18.4 Å². The molecular weight excluding hydrogens is 426 g/mol. The lowest BCUT2D eigenvalue weighted by Crippen LogP contribution is -2.62. The maximum Gasteiger partial charge on any atom is 0.274 e. The molecule has 0 bridgehead atoms. The average molecular weight is 452 g/mol. The van der Waals surface area contributed by atoms with Crippen molar-refractivity contribution in [1.29, 1.82) is 0 Å². The summed E-state index contributed by atoms with van der Waals surface area (Å²) in [6, 6.07) is 3.77.